The quantitative estimate of drug-likeness (QED) is 0.748. The Morgan fingerprint density at radius 3 is 2.69 bits per heavy atom. The minimum atomic E-state index is -0.760. The van der Waals surface area contributed by atoms with Crippen molar-refractivity contribution in [3.05, 3.63) is 35.4 Å². The molecule has 3 aliphatic rings. The maximum absolute atomic E-state index is 13.2. The molecular formula is C24H30N6O2. The van der Waals surface area contributed by atoms with E-state index in [4.69, 9.17) is 5.73 Å². The van der Waals surface area contributed by atoms with Crippen molar-refractivity contribution in [3.63, 3.8) is 0 Å². The third kappa shape index (κ3) is 3.64. The molecule has 0 aromatic heterocycles. The van der Waals surface area contributed by atoms with E-state index < -0.39 is 12.1 Å². The fraction of sp³-hybridized carbons (Fsp3) is 0.583. The van der Waals surface area contributed by atoms with Gasteiger partial charge in [-0.15, -0.1) is 0 Å². The van der Waals surface area contributed by atoms with Crippen LogP contribution in [0.4, 0.5) is 0 Å². The predicted molar refractivity (Wildman–Crippen MR) is 118 cm³/mol. The Bertz CT molecular complexity index is 997. The van der Waals surface area contributed by atoms with Crippen molar-refractivity contribution in [2.45, 2.75) is 69.9 Å². The van der Waals surface area contributed by atoms with Crippen LogP contribution in [0.2, 0.25) is 0 Å². The highest BCUT2D eigenvalue weighted by Gasteiger charge is 2.52. The number of piperazine rings is 1. The number of nitrogens with zero attached hydrogens (tertiary/aromatic N) is 5. The molecule has 0 saturated carbocycles. The Morgan fingerprint density at radius 1 is 1.28 bits per heavy atom. The summed E-state index contributed by atoms with van der Waals surface area (Å²) in [6.45, 7) is 7.00. The first-order chi connectivity index (χ1) is 15.3. The molecule has 8 heteroatoms. The molecule has 1 aromatic carbocycles. The highest BCUT2D eigenvalue weighted by atomic mass is 16.2. The Balaban J connectivity index is 1.42. The molecule has 3 fully saturated rings. The molecule has 0 radical (unpaired) electrons. The number of hydrogen-bond donors (Lipinski definition) is 1. The van der Waals surface area contributed by atoms with E-state index in [2.05, 4.69) is 12.1 Å². The molecule has 4 rings (SSSR count). The van der Waals surface area contributed by atoms with Gasteiger partial charge in [-0.3, -0.25) is 14.5 Å². The third-order valence-electron chi connectivity index (χ3n) is 7.57. The third-order valence-corrected chi connectivity index (χ3v) is 7.57. The van der Waals surface area contributed by atoms with Crippen LogP contribution in [0.25, 0.3) is 0 Å². The van der Waals surface area contributed by atoms with Gasteiger partial charge in [-0.2, -0.15) is 10.5 Å². The fourth-order valence-corrected chi connectivity index (χ4v) is 5.64. The number of amides is 2. The second-order valence-corrected chi connectivity index (χ2v) is 9.47. The van der Waals surface area contributed by atoms with Crippen LogP contribution >= 0.6 is 0 Å². The maximum Gasteiger partial charge on any atom is 0.242 e. The summed E-state index contributed by atoms with van der Waals surface area (Å²) in [5.41, 5.74) is 7.83. The van der Waals surface area contributed by atoms with E-state index in [1.54, 1.807) is 11.0 Å². The standard InChI is InChI=1S/C24H30N6O2/c1-14-7-19(11-26)29(15(14)2)23(31)21(27)13-28-12-20-9-22(28)24(32)30(20)16(3)18-6-4-5-17(8-18)10-25/h4-6,8,14-16,19-22H,7,9,12-13,27H2,1-3H3/t14-,15?,16+,19?,20+,21?,22?/m1/s1. The van der Waals surface area contributed by atoms with Crippen LogP contribution in [-0.2, 0) is 9.59 Å². The number of fused-ring (bicyclic) bond motifs is 2. The van der Waals surface area contributed by atoms with Crippen LogP contribution in [0.3, 0.4) is 0 Å². The zero-order valence-electron chi connectivity index (χ0n) is 18.8. The van der Waals surface area contributed by atoms with E-state index in [1.165, 1.54) is 0 Å². The number of likely N-dealkylation sites (tertiary alicyclic amines) is 3. The van der Waals surface area contributed by atoms with E-state index in [0.717, 1.165) is 12.0 Å². The molecule has 2 bridgehead atoms. The molecule has 4 unspecified atom stereocenters. The van der Waals surface area contributed by atoms with Gasteiger partial charge in [0.2, 0.25) is 11.8 Å². The van der Waals surface area contributed by atoms with Crippen molar-refractivity contribution < 1.29 is 9.59 Å². The van der Waals surface area contributed by atoms with Gasteiger partial charge in [0, 0.05) is 25.2 Å². The first-order valence-electron chi connectivity index (χ1n) is 11.3. The average Bonchev–Trinajstić information content (AvgIpc) is 3.43. The minimum absolute atomic E-state index is 0.0182. The highest BCUT2D eigenvalue weighted by Crippen LogP contribution is 2.38. The average molecular weight is 435 g/mol. The topological polar surface area (TPSA) is 117 Å². The molecule has 1 aromatic rings. The van der Waals surface area contributed by atoms with Crippen molar-refractivity contribution in [1.82, 2.24) is 14.7 Å². The lowest BCUT2D eigenvalue weighted by molar-refractivity contribution is -0.141. The number of hydrogen-bond acceptors (Lipinski definition) is 6. The van der Waals surface area contributed by atoms with Gasteiger partial charge in [0.1, 0.15) is 6.04 Å². The summed E-state index contributed by atoms with van der Waals surface area (Å²) in [6.07, 6.45) is 1.39. The van der Waals surface area contributed by atoms with Crippen molar-refractivity contribution in [2.75, 3.05) is 13.1 Å². The Kier molecular flexibility index (Phi) is 5.94. The van der Waals surface area contributed by atoms with E-state index >= 15 is 0 Å². The Hall–Kier alpha value is -2.94. The SMILES string of the molecule is CC1[C@H](C)CC(C#N)N1C(=O)C(N)CN1C[C@@H]2CC1C(=O)N2[C@@H](C)c1cccc(C#N)c1. The van der Waals surface area contributed by atoms with Gasteiger partial charge in [0.05, 0.1) is 35.8 Å². The van der Waals surface area contributed by atoms with Crippen LogP contribution in [0, 0.1) is 28.6 Å². The van der Waals surface area contributed by atoms with Gasteiger partial charge in [0.15, 0.2) is 0 Å². The first kappa shape index (κ1) is 22.3. The lowest BCUT2D eigenvalue weighted by Crippen LogP contribution is -2.57. The summed E-state index contributed by atoms with van der Waals surface area (Å²) in [6, 6.07) is 10.2. The maximum atomic E-state index is 13.2. The van der Waals surface area contributed by atoms with Crippen molar-refractivity contribution in [2.24, 2.45) is 11.7 Å². The summed E-state index contributed by atoms with van der Waals surface area (Å²) >= 11 is 0. The molecule has 168 valence electrons. The highest BCUT2D eigenvalue weighted by molar-refractivity contribution is 5.87. The molecule has 2 N–H and O–H groups in total. The Morgan fingerprint density at radius 2 is 2.03 bits per heavy atom. The van der Waals surface area contributed by atoms with Gasteiger partial charge in [-0.05, 0) is 50.3 Å². The summed E-state index contributed by atoms with van der Waals surface area (Å²) in [7, 11) is 0. The Labute approximate surface area is 189 Å². The van der Waals surface area contributed by atoms with Gasteiger partial charge in [0.25, 0.3) is 0 Å². The van der Waals surface area contributed by atoms with Crippen LogP contribution in [0.15, 0.2) is 24.3 Å². The molecule has 2 amide bonds. The fourth-order valence-electron chi connectivity index (χ4n) is 5.64. The molecule has 8 nitrogen and oxygen atoms in total. The van der Waals surface area contributed by atoms with Crippen LogP contribution < -0.4 is 5.73 Å². The summed E-state index contributed by atoms with van der Waals surface area (Å²) in [4.78, 5) is 31.8. The predicted octanol–water partition coefficient (Wildman–Crippen LogP) is 1.38. The largest absolute Gasteiger partial charge is 0.330 e. The van der Waals surface area contributed by atoms with Gasteiger partial charge in [-0.1, -0.05) is 19.1 Å². The lowest BCUT2D eigenvalue weighted by atomic mass is 10.0. The number of carbonyl (C=O) groups is 2. The van der Waals surface area contributed by atoms with E-state index in [9.17, 15) is 20.1 Å². The second-order valence-electron chi connectivity index (χ2n) is 9.47. The van der Waals surface area contributed by atoms with Gasteiger partial charge in [-0.25, -0.2) is 0 Å². The smallest absolute Gasteiger partial charge is 0.242 e. The molecule has 32 heavy (non-hydrogen) atoms. The molecule has 3 heterocycles. The first-order valence-corrected chi connectivity index (χ1v) is 11.3. The minimum Gasteiger partial charge on any atom is -0.330 e. The zero-order chi connectivity index (χ0) is 23.2. The lowest BCUT2D eigenvalue weighted by Gasteiger charge is -2.39. The van der Waals surface area contributed by atoms with E-state index in [1.807, 2.05) is 48.8 Å². The van der Waals surface area contributed by atoms with Gasteiger partial charge < -0.3 is 15.5 Å². The summed E-state index contributed by atoms with van der Waals surface area (Å²) in [5.74, 6) is 0.103. The zero-order valence-corrected chi connectivity index (χ0v) is 18.8. The molecule has 3 aliphatic heterocycles. The number of carbonyl (C=O) groups excluding carboxylic acids is 2. The van der Waals surface area contributed by atoms with Crippen LogP contribution in [0.5, 0.6) is 0 Å². The number of benzene rings is 1. The van der Waals surface area contributed by atoms with E-state index in [-0.39, 0.29) is 41.9 Å². The van der Waals surface area contributed by atoms with Crippen molar-refractivity contribution in [1.29, 1.82) is 10.5 Å². The molecule has 3 saturated heterocycles. The number of nitriles is 2. The van der Waals surface area contributed by atoms with E-state index in [0.29, 0.717) is 25.1 Å². The number of nitrogens with two attached hydrogens (primary N) is 1. The molecule has 0 aliphatic carbocycles. The van der Waals surface area contributed by atoms with Gasteiger partial charge >= 0.3 is 0 Å². The van der Waals surface area contributed by atoms with Crippen molar-refractivity contribution >= 4 is 11.8 Å². The monoisotopic (exact) mass is 434 g/mol. The normalized spacial score (nSPS) is 31.4. The number of rotatable bonds is 5. The summed E-state index contributed by atoms with van der Waals surface area (Å²) < 4.78 is 0. The van der Waals surface area contributed by atoms with Crippen molar-refractivity contribution in [3.8, 4) is 12.1 Å². The van der Waals surface area contributed by atoms with Crippen LogP contribution in [-0.4, -0.2) is 69.8 Å². The summed E-state index contributed by atoms with van der Waals surface area (Å²) in [5, 5.41) is 18.6. The van der Waals surface area contributed by atoms with Crippen LogP contribution in [0.1, 0.15) is 50.8 Å². The molecule has 7 atom stereocenters. The molecular weight excluding hydrogens is 404 g/mol. The second kappa shape index (κ2) is 8.54. The molecule has 0 spiro atoms.